The van der Waals surface area contributed by atoms with Crippen molar-refractivity contribution < 1.29 is 32.8 Å². The van der Waals surface area contributed by atoms with E-state index >= 15 is 0 Å². The zero-order valence-corrected chi connectivity index (χ0v) is 28.5. The Morgan fingerprint density at radius 1 is 1.04 bits per heavy atom. The van der Waals surface area contributed by atoms with Crippen molar-refractivity contribution >= 4 is 50.6 Å². The van der Waals surface area contributed by atoms with Crippen LogP contribution in [0.5, 0.6) is 0 Å². The molecule has 3 fully saturated rings. The van der Waals surface area contributed by atoms with Gasteiger partial charge in [0.2, 0.25) is 10.0 Å². The molecule has 2 bridgehead atoms. The van der Waals surface area contributed by atoms with Crippen molar-refractivity contribution in [3.8, 4) is 10.4 Å². The average molecular weight is 686 g/mol. The summed E-state index contributed by atoms with van der Waals surface area (Å²) in [6, 6.07) is 9.34. The Bertz CT molecular complexity index is 1770. The highest BCUT2D eigenvalue weighted by molar-refractivity contribution is 7.89. The molecule has 3 N–H and O–H groups in total. The number of hydrogen-bond acceptors (Lipinski definition) is 9. The van der Waals surface area contributed by atoms with E-state index in [0.29, 0.717) is 10.4 Å². The number of carbonyl (C=O) groups excluding carboxylic acids is 1. The number of ether oxygens (including phenoxy) is 1. The van der Waals surface area contributed by atoms with Gasteiger partial charge in [0.1, 0.15) is 0 Å². The second kappa shape index (κ2) is 12.5. The van der Waals surface area contributed by atoms with Crippen LogP contribution in [0.15, 0.2) is 53.6 Å². The highest BCUT2D eigenvalue weighted by atomic mass is 32.2. The molecule has 0 radical (unpaired) electrons. The van der Waals surface area contributed by atoms with E-state index in [1.54, 1.807) is 33.0 Å². The molecule has 15 heteroatoms. The lowest BCUT2D eigenvalue weighted by atomic mass is 9.57. The van der Waals surface area contributed by atoms with E-state index in [1.165, 1.54) is 47.7 Å². The summed E-state index contributed by atoms with van der Waals surface area (Å²) in [6.45, 7) is 8.76. The van der Waals surface area contributed by atoms with Crippen molar-refractivity contribution in [2.24, 2.45) is 0 Å². The van der Waals surface area contributed by atoms with Gasteiger partial charge in [0.15, 0.2) is 0 Å². The molecule has 0 aliphatic heterocycles. The number of nitrogens with zero attached hydrogens (tertiary/aromatic N) is 3. The van der Waals surface area contributed by atoms with Gasteiger partial charge < -0.3 is 15.2 Å². The summed E-state index contributed by atoms with van der Waals surface area (Å²) < 4.78 is 35.7. The number of rotatable bonds is 9. The first-order valence-electron chi connectivity index (χ1n) is 15.3. The molecule has 13 nitrogen and oxygen atoms in total. The van der Waals surface area contributed by atoms with E-state index < -0.39 is 32.7 Å². The monoisotopic (exact) mass is 685 g/mol. The number of aromatic nitrogens is 1. The first-order valence-corrected chi connectivity index (χ1v) is 17.6. The lowest BCUT2D eigenvalue weighted by Gasteiger charge is -2.52. The smallest absolute Gasteiger partial charge is 0.416 e. The van der Waals surface area contributed by atoms with Crippen LogP contribution in [0.4, 0.5) is 26.7 Å². The van der Waals surface area contributed by atoms with E-state index in [1.807, 2.05) is 13.8 Å². The minimum Gasteiger partial charge on any atom is -0.464 e. The highest BCUT2D eigenvalue weighted by Gasteiger charge is 2.51. The standard InChI is InChI=1S/C32H39N5O8S2/c1-20(2)45-28(38)34-32-15-12-31(13-16-32,14-17-32)27-33-19-25(46-27)24-11-10-23(18-26(24)47(43,44)35-30(3,4)5)36(29(39)40)21-6-8-22(9-7-21)37(41)42/h6-11,18-20,35H,12-17H2,1-5H3,(H,34,38)(H,39,40). The molecule has 0 saturated heterocycles. The number of alkyl carbamates (subject to hydrolysis) is 1. The molecule has 0 unspecified atom stereocenters. The lowest BCUT2D eigenvalue weighted by molar-refractivity contribution is -0.384. The molecule has 6 rings (SSSR count). The fraction of sp³-hybridized carbons (Fsp3) is 0.469. The van der Waals surface area contributed by atoms with Crippen LogP contribution in [0.1, 0.15) is 78.2 Å². The SMILES string of the molecule is CC(C)OC(=O)NC12CCC(c3ncc(-c4ccc(N(C(=O)O)c5ccc([N+](=O)[O-])cc5)cc4S(=O)(=O)NC(C)(C)C)s3)(CC1)CC2. The number of hydrogen-bond donors (Lipinski definition) is 3. The fourth-order valence-corrected chi connectivity index (χ4v) is 9.38. The van der Waals surface area contributed by atoms with Crippen LogP contribution in [0.2, 0.25) is 0 Å². The van der Waals surface area contributed by atoms with Gasteiger partial charge in [-0.1, -0.05) is 6.07 Å². The Hall–Kier alpha value is -4.08. The Kier molecular flexibility index (Phi) is 9.12. The molecule has 0 atom stereocenters. The molecular formula is C32H39N5O8S2. The van der Waals surface area contributed by atoms with Crippen LogP contribution in [-0.4, -0.2) is 52.8 Å². The van der Waals surface area contributed by atoms with Crippen LogP contribution in [0.3, 0.4) is 0 Å². The number of nitro groups is 1. The quantitative estimate of drug-likeness (QED) is 0.156. The molecule has 3 aromatic rings. The Balaban J connectivity index is 1.49. The van der Waals surface area contributed by atoms with Crippen molar-refractivity contribution in [1.82, 2.24) is 15.0 Å². The zero-order chi connectivity index (χ0) is 34.4. The van der Waals surface area contributed by atoms with Crippen LogP contribution in [0, 0.1) is 10.1 Å². The van der Waals surface area contributed by atoms with Crippen molar-refractivity contribution in [1.29, 1.82) is 0 Å². The number of anilines is 2. The van der Waals surface area contributed by atoms with Crippen LogP contribution < -0.4 is 14.9 Å². The topological polar surface area (TPSA) is 181 Å². The van der Waals surface area contributed by atoms with Gasteiger partial charge in [-0.05, 0) is 97.4 Å². The number of non-ortho nitro benzene ring substituents is 1. The van der Waals surface area contributed by atoms with E-state index in [-0.39, 0.29) is 39.0 Å². The predicted octanol–water partition coefficient (Wildman–Crippen LogP) is 7.09. The van der Waals surface area contributed by atoms with Crippen molar-refractivity contribution in [3.63, 3.8) is 0 Å². The first kappa shape index (κ1) is 34.3. The number of benzene rings is 2. The van der Waals surface area contributed by atoms with Gasteiger partial charge in [-0.3, -0.25) is 10.1 Å². The Morgan fingerprint density at radius 2 is 1.64 bits per heavy atom. The van der Waals surface area contributed by atoms with Crippen molar-refractivity contribution in [2.45, 2.75) is 101 Å². The summed E-state index contributed by atoms with van der Waals surface area (Å²) in [6.07, 6.45) is 4.48. The van der Waals surface area contributed by atoms with Crippen LogP contribution in [0.25, 0.3) is 10.4 Å². The van der Waals surface area contributed by atoms with Crippen molar-refractivity contribution in [3.05, 3.63) is 63.8 Å². The van der Waals surface area contributed by atoms with Gasteiger partial charge in [0.05, 0.1) is 37.2 Å². The number of carbonyl (C=O) groups is 2. The molecule has 0 spiro atoms. The lowest BCUT2D eigenvalue weighted by Crippen LogP contribution is -2.58. The normalized spacial score (nSPS) is 21.0. The van der Waals surface area contributed by atoms with Gasteiger partial charge in [0, 0.05) is 40.4 Å². The summed E-state index contributed by atoms with van der Waals surface area (Å²) >= 11 is 1.42. The number of nitro benzene ring substituents is 1. The number of nitrogens with one attached hydrogen (secondary N) is 2. The maximum absolute atomic E-state index is 13.9. The summed E-state index contributed by atoms with van der Waals surface area (Å²) in [5.41, 5.74) is -0.998. The molecule has 2 amide bonds. The third-order valence-electron chi connectivity index (χ3n) is 8.64. The minimum absolute atomic E-state index is 0.0483. The van der Waals surface area contributed by atoms with Gasteiger partial charge >= 0.3 is 12.2 Å². The second-order valence-corrected chi connectivity index (χ2v) is 16.3. The Morgan fingerprint density at radius 3 is 2.17 bits per heavy atom. The van der Waals surface area contributed by atoms with E-state index in [9.17, 15) is 33.2 Å². The molecule has 252 valence electrons. The number of amides is 2. The fourth-order valence-electron chi connectivity index (χ4n) is 6.43. The summed E-state index contributed by atoms with van der Waals surface area (Å²) in [5, 5.41) is 25.3. The van der Waals surface area contributed by atoms with E-state index in [0.717, 1.165) is 48.4 Å². The third kappa shape index (κ3) is 7.26. The molecule has 2 aromatic carbocycles. The zero-order valence-electron chi connectivity index (χ0n) is 26.9. The molecule has 3 aliphatic carbocycles. The molecule has 47 heavy (non-hydrogen) atoms. The van der Waals surface area contributed by atoms with Gasteiger partial charge in [-0.15, -0.1) is 11.3 Å². The maximum Gasteiger partial charge on any atom is 0.416 e. The first-order chi connectivity index (χ1) is 21.9. The predicted molar refractivity (Wildman–Crippen MR) is 178 cm³/mol. The second-order valence-electron chi connectivity index (χ2n) is 13.6. The molecule has 3 aliphatic rings. The van der Waals surface area contributed by atoms with Gasteiger partial charge in [0.25, 0.3) is 5.69 Å². The largest absolute Gasteiger partial charge is 0.464 e. The number of carboxylic acid groups (broad SMARTS) is 1. The third-order valence-corrected chi connectivity index (χ3v) is 11.7. The maximum atomic E-state index is 13.9. The Labute approximate surface area is 277 Å². The summed E-state index contributed by atoms with van der Waals surface area (Å²) in [7, 11) is -4.17. The van der Waals surface area contributed by atoms with Crippen LogP contribution in [-0.2, 0) is 20.2 Å². The molecule has 1 aromatic heterocycles. The van der Waals surface area contributed by atoms with Gasteiger partial charge in [-0.2, -0.15) is 0 Å². The molecular weight excluding hydrogens is 647 g/mol. The number of thiazole rings is 1. The summed E-state index contributed by atoms with van der Waals surface area (Å²) in [5.74, 6) is 0. The minimum atomic E-state index is -4.17. The summed E-state index contributed by atoms with van der Waals surface area (Å²) in [4.78, 5) is 41.5. The number of fused-ring (bicyclic) bond motifs is 3. The van der Waals surface area contributed by atoms with Crippen LogP contribution >= 0.6 is 11.3 Å². The van der Waals surface area contributed by atoms with Crippen molar-refractivity contribution in [2.75, 3.05) is 4.90 Å². The van der Waals surface area contributed by atoms with E-state index in [2.05, 4.69) is 10.0 Å². The highest BCUT2D eigenvalue weighted by Crippen LogP contribution is 2.55. The average Bonchev–Trinajstić information content (AvgIpc) is 3.48. The van der Waals surface area contributed by atoms with E-state index in [4.69, 9.17) is 9.72 Å². The van der Waals surface area contributed by atoms with Gasteiger partial charge in [-0.25, -0.2) is 32.6 Å². The molecule has 1 heterocycles. The molecule has 3 saturated carbocycles. The number of sulfonamides is 1.